The molecule has 0 aliphatic rings. The van der Waals surface area contributed by atoms with E-state index in [2.05, 4.69) is 42.2 Å². The van der Waals surface area contributed by atoms with Crippen molar-refractivity contribution in [3.05, 3.63) is 48.0 Å². The first-order valence-corrected chi connectivity index (χ1v) is 6.35. The molecule has 2 aromatic rings. The van der Waals surface area contributed by atoms with Crippen LogP contribution in [0.4, 0.5) is 0 Å². The van der Waals surface area contributed by atoms with E-state index in [0.717, 1.165) is 12.8 Å². The summed E-state index contributed by atoms with van der Waals surface area (Å²) in [5.74, 6) is 5.85. The molecule has 0 fully saturated rings. The maximum absolute atomic E-state index is 10.0. The monoisotopic (exact) mass is 238 g/mol. The minimum absolute atomic E-state index is 0.309. The summed E-state index contributed by atoms with van der Waals surface area (Å²) in [5.41, 5.74) is 1.21. The highest BCUT2D eigenvalue weighted by atomic mass is 16.3. The van der Waals surface area contributed by atoms with Crippen LogP contribution in [0.15, 0.2) is 42.5 Å². The van der Waals surface area contributed by atoms with E-state index in [1.54, 1.807) is 0 Å². The Morgan fingerprint density at radius 3 is 2.72 bits per heavy atom. The molecule has 0 aromatic heterocycles. The third kappa shape index (κ3) is 3.12. The molecular weight excluding hydrogens is 220 g/mol. The van der Waals surface area contributed by atoms with Gasteiger partial charge in [0.2, 0.25) is 0 Å². The Balaban J connectivity index is 2.13. The van der Waals surface area contributed by atoms with Crippen LogP contribution < -0.4 is 0 Å². The molecule has 0 aliphatic carbocycles. The van der Waals surface area contributed by atoms with Crippen LogP contribution in [0.5, 0.6) is 0 Å². The summed E-state index contributed by atoms with van der Waals surface area (Å²) >= 11 is 0. The standard InChI is InChI=1S/C17H18O/c1-2-3-4-11-16(18)13-15-10-7-9-14-8-5-6-12-17(14)15/h5-10,12,16,18H,4,11,13H2,1H3. The van der Waals surface area contributed by atoms with Crippen molar-refractivity contribution in [2.24, 2.45) is 0 Å². The topological polar surface area (TPSA) is 20.2 Å². The molecule has 2 rings (SSSR count). The van der Waals surface area contributed by atoms with Crippen LogP contribution in [0, 0.1) is 11.8 Å². The smallest absolute Gasteiger partial charge is 0.0589 e. The second kappa shape index (κ2) is 6.23. The molecule has 0 aliphatic heterocycles. The minimum atomic E-state index is -0.309. The summed E-state index contributed by atoms with van der Waals surface area (Å²) in [6.45, 7) is 1.83. The van der Waals surface area contributed by atoms with Gasteiger partial charge in [-0.05, 0) is 36.1 Å². The van der Waals surface area contributed by atoms with E-state index >= 15 is 0 Å². The fraction of sp³-hybridized carbons (Fsp3) is 0.294. The lowest BCUT2D eigenvalue weighted by Gasteiger charge is -2.11. The summed E-state index contributed by atoms with van der Waals surface area (Å²) in [4.78, 5) is 0. The van der Waals surface area contributed by atoms with Crippen LogP contribution >= 0.6 is 0 Å². The summed E-state index contributed by atoms with van der Waals surface area (Å²) < 4.78 is 0. The predicted octanol–water partition coefficient (Wildman–Crippen LogP) is 3.55. The number of aliphatic hydroxyl groups excluding tert-OH is 1. The molecule has 18 heavy (non-hydrogen) atoms. The highest BCUT2D eigenvalue weighted by Crippen LogP contribution is 2.20. The van der Waals surface area contributed by atoms with Crippen LogP contribution in [0.2, 0.25) is 0 Å². The van der Waals surface area contributed by atoms with Gasteiger partial charge in [0.05, 0.1) is 6.10 Å². The molecule has 1 N–H and O–H groups in total. The van der Waals surface area contributed by atoms with Gasteiger partial charge in [-0.1, -0.05) is 42.5 Å². The molecule has 0 radical (unpaired) electrons. The normalized spacial score (nSPS) is 11.9. The molecule has 1 unspecified atom stereocenters. The zero-order valence-electron chi connectivity index (χ0n) is 10.7. The third-order valence-electron chi connectivity index (χ3n) is 3.11. The lowest BCUT2D eigenvalue weighted by molar-refractivity contribution is 0.167. The number of hydrogen-bond donors (Lipinski definition) is 1. The molecular formula is C17H18O. The van der Waals surface area contributed by atoms with Gasteiger partial charge in [-0.2, -0.15) is 0 Å². The average Bonchev–Trinajstić information content (AvgIpc) is 2.39. The van der Waals surface area contributed by atoms with E-state index in [4.69, 9.17) is 0 Å². The second-order valence-electron chi connectivity index (χ2n) is 4.46. The van der Waals surface area contributed by atoms with Gasteiger partial charge in [-0.25, -0.2) is 0 Å². The minimum Gasteiger partial charge on any atom is -0.393 e. The predicted molar refractivity (Wildman–Crippen MR) is 76.3 cm³/mol. The Bertz CT molecular complexity index is 569. The Labute approximate surface area is 108 Å². The van der Waals surface area contributed by atoms with Crippen LogP contribution in [-0.2, 0) is 6.42 Å². The van der Waals surface area contributed by atoms with Crippen molar-refractivity contribution in [1.29, 1.82) is 0 Å². The maximum Gasteiger partial charge on any atom is 0.0589 e. The van der Waals surface area contributed by atoms with Gasteiger partial charge < -0.3 is 5.11 Å². The maximum atomic E-state index is 10.0. The van der Waals surface area contributed by atoms with E-state index in [0.29, 0.717) is 6.42 Å². The zero-order chi connectivity index (χ0) is 12.8. The molecule has 2 aromatic carbocycles. The molecule has 0 heterocycles. The van der Waals surface area contributed by atoms with E-state index in [-0.39, 0.29) is 6.10 Å². The highest BCUT2D eigenvalue weighted by Gasteiger charge is 2.07. The number of hydrogen-bond acceptors (Lipinski definition) is 1. The molecule has 1 atom stereocenters. The van der Waals surface area contributed by atoms with Crippen LogP contribution in [-0.4, -0.2) is 11.2 Å². The average molecular weight is 238 g/mol. The molecule has 0 saturated heterocycles. The molecule has 0 amide bonds. The van der Waals surface area contributed by atoms with Crippen LogP contribution in [0.3, 0.4) is 0 Å². The van der Waals surface area contributed by atoms with Crippen molar-refractivity contribution >= 4 is 10.8 Å². The van der Waals surface area contributed by atoms with Crippen molar-refractivity contribution in [2.45, 2.75) is 32.3 Å². The first kappa shape index (κ1) is 12.7. The van der Waals surface area contributed by atoms with Gasteiger partial charge in [-0.15, -0.1) is 11.8 Å². The van der Waals surface area contributed by atoms with E-state index in [1.807, 2.05) is 19.1 Å². The lowest BCUT2D eigenvalue weighted by Crippen LogP contribution is -2.10. The summed E-state index contributed by atoms with van der Waals surface area (Å²) in [5, 5.41) is 12.5. The highest BCUT2D eigenvalue weighted by molar-refractivity contribution is 5.85. The van der Waals surface area contributed by atoms with Gasteiger partial charge >= 0.3 is 0 Å². The first-order valence-electron chi connectivity index (χ1n) is 6.35. The lowest BCUT2D eigenvalue weighted by atomic mass is 9.98. The summed E-state index contributed by atoms with van der Waals surface area (Å²) in [6, 6.07) is 14.6. The number of aliphatic hydroxyl groups is 1. The fourth-order valence-electron chi connectivity index (χ4n) is 2.19. The fourth-order valence-corrected chi connectivity index (χ4v) is 2.19. The number of benzene rings is 2. The zero-order valence-corrected chi connectivity index (χ0v) is 10.7. The Morgan fingerprint density at radius 2 is 1.89 bits per heavy atom. The second-order valence-corrected chi connectivity index (χ2v) is 4.46. The summed E-state index contributed by atoms with van der Waals surface area (Å²) in [7, 11) is 0. The van der Waals surface area contributed by atoms with Crippen molar-refractivity contribution in [2.75, 3.05) is 0 Å². The van der Waals surface area contributed by atoms with Gasteiger partial charge in [0, 0.05) is 6.42 Å². The van der Waals surface area contributed by atoms with Crippen molar-refractivity contribution in [3.63, 3.8) is 0 Å². The van der Waals surface area contributed by atoms with Gasteiger partial charge in [0.15, 0.2) is 0 Å². The Morgan fingerprint density at radius 1 is 1.11 bits per heavy atom. The van der Waals surface area contributed by atoms with Crippen molar-refractivity contribution in [3.8, 4) is 11.8 Å². The number of fused-ring (bicyclic) bond motifs is 1. The summed E-state index contributed by atoms with van der Waals surface area (Å²) in [6.07, 6.45) is 1.90. The molecule has 1 nitrogen and oxygen atoms in total. The van der Waals surface area contributed by atoms with Gasteiger partial charge in [-0.3, -0.25) is 0 Å². The SMILES string of the molecule is CC#CCCC(O)Cc1cccc2ccccc12. The van der Waals surface area contributed by atoms with E-state index in [9.17, 15) is 5.11 Å². The van der Waals surface area contributed by atoms with Gasteiger partial charge in [0.25, 0.3) is 0 Å². The third-order valence-corrected chi connectivity index (χ3v) is 3.11. The van der Waals surface area contributed by atoms with Gasteiger partial charge in [0.1, 0.15) is 0 Å². The van der Waals surface area contributed by atoms with Crippen LogP contribution in [0.1, 0.15) is 25.3 Å². The largest absolute Gasteiger partial charge is 0.393 e. The molecule has 1 heteroatoms. The molecule has 0 spiro atoms. The van der Waals surface area contributed by atoms with Crippen LogP contribution in [0.25, 0.3) is 10.8 Å². The molecule has 0 bridgehead atoms. The quantitative estimate of drug-likeness (QED) is 0.808. The number of rotatable bonds is 4. The molecule has 92 valence electrons. The van der Waals surface area contributed by atoms with E-state index < -0.39 is 0 Å². The van der Waals surface area contributed by atoms with E-state index in [1.165, 1.54) is 16.3 Å². The first-order chi connectivity index (χ1) is 8.81. The van der Waals surface area contributed by atoms with Crippen molar-refractivity contribution in [1.82, 2.24) is 0 Å². The van der Waals surface area contributed by atoms with Crippen molar-refractivity contribution < 1.29 is 5.11 Å². The Hall–Kier alpha value is -1.78. The Kier molecular flexibility index (Phi) is 4.39. The molecule has 0 saturated carbocycles.